The first-order valence-electron chi connectivity index (χ1n) is 8.41. The molecule has 2 aromatic rings. The summed E-state index contributed by atoms with van der Waals surface area (Å²) in [5.41, 5.74) is 3.06. The van der Waals surface area contributed by atoms with Crippen LogP contribution in [0.15, 0.2) is 48.5 Å². The lowest BCUT2D eigenvalue weighted by molar-refractivity contribution is 0.0724. The lowest BCUT2D eigenvalue weighted by atomic mass is 10.1. The standard InChI is InChI=1S/C20H22N2O2/c1-15-6-5-7-18(14-15)21-19(23)16-8-10-17(11-9-16)20(24)22-12-3-2-4-13-22/h5-11,14H,2-4,12-13H2,1H3,(H,21,23). The van der Waals surface area contributed by atoms with Gasteiger partial charge in [-0.3, -0.25) is 9.59 Å². The Morgan fingerprint density at radius 2 is 1.58 bits per heavy atom. The Hall–Kier alpha value is -2.62. The van der Waals surface area contributed by atoms with Gasteiger partial charge in [0.05, 0.1) is 0 Å². The molecule has 1 aliphatic heterocycles. The summed E-state index contributed by atoms with van der Waals surface area (Å²) in [6.07, 6.45) is 3.34. The van der Waals surface area contributed by atoms with Gasteiger partial charge in [-0.05, 0) is 68.1 Å². The second kappa shape index (κ2) is 7.30. The Balaban J connectivity index is 1.67. The van der Waals surface area contributed by atoms with E-state index in [2.05, 4.69) is 5.32 Å². The highest BCUT2D eigenvalue weighted by atomic mass is 16.2. The van der Waals surface area contributed by atoms with Crippen molar-refractivity contribution in [3.63, 3.8) is 0 Å². The number of nitrogens with one attached hydrogen (secondary N) is 1. The van der Waals surface area contributed by atoms with Crippen molar-refractivity contribution in [2.24, 2.45) is 0 Å². The van der Waals surface area contributed by atoms with Crippen LogP contribution < -0.4 is 5.32 Å². The van der Waals surface area contributed by atoms with E-state index < -0.39 is 0 Å². The van der Waals surface area contributed by atoms with Crippen LogP contribution in [0, 0.1) is 6.92 Å². The van der Waals surface area contributed by atoms with Crippen LogP contribution >= 0.6 is 0 Å². The zero-order chi connectivity index (χ0) is 16.9. The normalized spacial score (nSPS) is 14.3. The minimum Gasteiger partial charge on any atom is -0.339 e. The van der Waals surface area contributed by atoms with Crippen molar-refractivity contribution in [3.05, 3.63) is 65.2 Å². The highest BCUT2D eigenvalue weighted by Gasteiger charge is 2.18. The molecule has 0 bridgehead atoms. The summed E-state index contributed by atoms with van der Waals surface area (Å²) in [6.45, 7) is 3.64. The van der Waals surface area contributed by atoms with Crippen molar-refractivity contribution >= 4 is 17.5 Å². The zero-order valence-corrected chi connectivity index (χ0v) is 13.9. The maximum Gasteiger partial charge on any atom is 0.255 e. The van der Waals surface area contributed by atoms with Crippen molar-refractivity contribution < 1.29 is 9.59 Å². The average Bonchev–Trinajstić information content (AvgIpc) is 2.62. The monoisotopic (exact) mass is 322 g/mol. The van der Waals surface area contributed by atoms with Crippen molar-refractivity contribution in [2.45, 2.75) is 26.2 Å². The van der Waals surface area contributed by atoms with E-state index in [4.69, 9.17) is 0 Å². The number of amides is 2. The molecule has 0 saturated carbocycles. The minimum absolute atomic E-state index is 0.0559. The highest BCUT2D eigenvalue weighted by Crippen LogP contribution is 2.15. The van der Waals surface area contributed by atoms with Crippen LogP contribution in [0.5, 0.6) is 0 Å². The predicted octanol–water partition coefficient (Wildman–Crippen LogP) is 3.87. The van der Waals surface area contributed by atoms with Crippen molar-refractivity contribution in [3.8, 4) is 0 Å². The van der Waals surface area contributed by atoms with E-state index in [1.807, 2.05) is 36.1 Å². The van der Waals surface area contributed by atoms with Gasteiger partial charge in [-0.2, -0.15) is 0 Å². The molecule has 1 heterocycles. The van der Waals surface area contributed by atoms with Gasteiger partial charge in [-0.15, -0.1) is 0 Å². The number of aryl methyl sites for hydroxylation is 1. The Morgan fingerprint density at radius 3 is 2.25 bits per heavy atom. The molecule has 1 saturated heterocycles. The summed E-state index contributed by atoms with van der Waals surface area (Å²) in [4.78, 5) is 26.6. The molecule has 1 fully saturated rings. The predicted molar refractivity (Wildman–Crippen MR) is 95.3 cm³/mol. The van der Waals surface area contributed by atoms with E-state index >= 15 is 0 Å². The van der Waals surface area contributed by atoms with E-state index in [-0.39, 0.29) is 11.8 Å². The third-order valence-corrected chi connectivity index (χ3v) is 4.31. The summed E-state index contributed by atoms with van der Waals surface area (Å²) in [6, 6.07) is 14.6. The SMILES string of the molecule is Cc1cccc(NC(=O)c2ccc(C(=O)N3CCCCC3)cc2)c1. The largest absolute Gasteiger partial charge is 0.339 e. The van der Waals surface area contributed by atoms with Crippen LogP contribution in [0.2, 0.25) is 0 Å². The maximum absolute atomic E-state index is 12.4. The second-order valence-electron chi connectivity index (χ2n) is 6.25. The Morgan fingerprint density at radius 1 is 0.917 bits per heavy atom. The Labute approximate surface area is 142 Å². The molecule has 0 spiro atoms. The lowest BCUT2D eigenvalue weighted by Gasteiger charge is -2.26. The van der Waals surface area contributed by atoms with Gasteiger partial charge in [0.15, 0.2) is 0 Å². The number of anilines is 1. The van der Waals surface area contributed by atoms with Crippen molar-refractivity contribution in [2.75, 3.05) is 18.4 Å². The van der Waals surface area contributed by atoms with E-state index in [0.29, 0.717) is 11.1 Å². The molecule has 1 aliphatic rings. The van der Waals surface area contributed by atoms with Crippen LogP contribution in [0.1, 0.15) is 45.5 Å². The number of rotatable bonds is 3. The van der Waals surface area contributed by atoms with Gasteiger partial charge < -0.3 is 10.2 Å². The van der Waals surface area contributed by atoms with Gasteiger partial charge in [0.2, 0.25) is 0 Å². The molecule has 0 unspecified atom stereocenters. The molecule has 4 nitrogen and oxygen atoms in total. The van der Waals surface area contributed by atoms with Gasteiger partial charge in [0.25, 0.3) is 11.8 Å². The Bertz CT molecular complexity index is 732. The topological polar surface area (TPSA) is 49.4 Å². The molecule has 2 aromatic carbocycles. The molecule has 0 atom stereocenters. The minimum atomic E-state index is -0.169. The second-order valence-corrected chi connectivity index (χ2v) is 6.25. The lowest BCUT2D eigenvalue weighted by Crippen LogP contribution is -2.35. The number of carbonyl (C=O) groups is 2. The number of piperidine rings is 1. The van der Waals surface area contributed by atoms with E-state index in [0.717, 1.165) is 37.2 Å². The highest BCUT2D eigenvalue weighted by molar-refractivity contribution is 6.05. The van der Waals surface area contributed by atoms with Crippen LogP contribution in [-0.4, -0.2) is 29.8 Å². The zero-order valence-electron chi connectivity index (χ0n) is 13.9. The molecule has 1 N–H and O–H groups in total. The smallest absolute Gasteiger partial charge is 0.255 e. The number of carbonyl (C=O) groups excluding carboxylic acids is 2. The Kier molecular flexibility index (Phi) is 4.94. The van der Waals surface area contributed by atoms with E-state index in [1.54, 1.807) is 24.3 Å². The first-order chi connectivity index (χ1) is 11.6. The van der Waals surface area contributed by atoms with Crippen molar-refractivity contribution in [1.82, 2.24) is 4.90 Å². The van der Waals surface area contributed by atoms with Gasteiger partial charge in [-0.1, -0.05) is 12.1 Å². The molecule has 2 amide bonds. The summed E-state index contributed by atoms with van der Waals surface area (Å²) < 4.78 is 0. The van der Waals surface area contributed by atoms with Crippen LogP contribution in [0.25, 0.3) is 0 Å². The summed E-state index contributed by atoms with van der Waals surface area (Å²) in [7, 11) is 0. The molecule has 4 heteroatoms. The third kappa shape index (κ3) is 3.82. The van der Waals surface area contributed by atoms with Crippen molar-refractivity contribution in [1.29, 1.82) is 0 Å². The van der Waals surface area contributed by atoms with E-state index in [9.17, 15) is 9.59 Å². The van der Waals surface area contributed by atoms with E-state index in [1.165, 1.54) is 6.42 Å². The molecule has 0 aromatic heterocycles. The molecule has 3 rings (SSSR count). The van der Waals surface area contributed by atoms with Gasteiger partial charge in [0, 0.05) is 29.9 Å². The molecule has 124 valence electrons. The van der Waals surface area contributed by atoms with Gasteiger partial charge in [0.1, 0.15) is 0 Å². The first-order valence-corrected chi connectivity index (χ1v) is 8.41. The number of benzene rings is 2. The fraction of sp³-hybridized carbons (Fsp3) is 0.300. The summed E-state index contributed by atoms with van der Waals surface area (Å²) >= 11 is 0. The summed E-state index contributed by atoms with van der Waals surface area (Å²) in [5.74, 6) is -0.113. The van der Waals surface area contributed by atoms with Gasteiger partial charge in [-0.25, -0.2) is 0 Å². The molecule has 0 aliphatic carbocycles. The van der Waals surface area contributed by atoms with Crippen LogP contribution in [-0.2, 0) is 0 Å². The van der Waals surface area contributed by atoms with Crippen LogP contribution in [0.4, 0.5) is 5.69 Å². The third-order valence-electron chi connectivity index (χ3n) is 4.31. The van der Waals surface area contributed by atoms with Crippen LogP contribution in [0.3, 0.4) is 0 Å². The first kappa shape index (κ1) is 16.2. The quantitative estimate of drug-likeness (QED) is 0.932. The average molecular weight is 322 g/mol. The number of hydrogen-bond donors (Lipinski definition) is 1. The maximum atomic E-state index is 12.4. The molecule has 0 radical (unpaired) electrons. The number of nitrogens with zero attached hydrogens (tertiary/aromatic N) is 1. The number of likely N-dealkylation sites (tertiary alicyclic amines) is 1. The molecular weight excluding hydrogens is 300 g/mol. The number of hydrogen-bond acceptors (Lipinski definition) is 2. The fourth-order valence-electron chi connectivity index (χ4n) is 2.97. The molecular formula is C20H22N2O2. The van der Waals surface area contributed by atoms with Gasteiger partial charge >= 0.3 is 0 Å². The molecule has 24 heavy (non-hydrogen) atoms. The summed E-state index contributed by atoms with van der Waals surface area (Å²) in [5, 5.41) is 2.88. The fourth-order valence-corrected chi connectivity index (χ4v) is 2.97.